The Labute approximate surface area is 162 Å². The molecule has 8 heteroatoms. The molecule has 0 unspecified atom stereocenters. The molecule has 0 spiro atoms. The van der Waals surface area contributed by atoms with Crippen LogP contribution in [0, 0.1) is 0 Å². The van der Waals surface area contributed by atoms with E-state index in [9.17, 15) is 21.6 Å². The van der Waals surface area contributed by atoms with E-state index < -0.39 is 22.1 Å². The lowest BCUT2D eigenvalue weighted by Gasteiger charge is -2.26. The number of rotatable bonds is 5. The molecule has 0 saturated heterocycles. The van der Waals surface area contributed by atoms with Gasteiger partial charge in [0.25, 0.3) is 0 Å². The monoisotopic (exact) mass is 413 g/mol. The summed E-state index contributed by atoms with van der Waals surface area (Å²) in [5.41, 5.74) is 1.09. The van der Waals surface area contributed by atoms with E-state index in [4.69, 9.17) is 0 Å². The first-order valence-corrected chi connectivity index (χ1v) is 10.7. The van der Waals surface area contributed by atoms with Gasteiger partial charge in [-0.3, -0.25) is 0 Å². The van der Waals surface area contributed by atoms with E-state index in [2.05, 4.69) is 9.46 Å². The summed E-state index contributed by atoms with van der Waals surface area (Å²) in [7, 11) is -3.86. The van der Waals surface area contributed by atoms with Gasteiger partial charge < -0.3 is 4.74 Å². The second-order valence-electron chi connectivity index (χ2n) is 6.90. The van der Waals surface area contributed by atoms with Crippen molar-refractivity contribution in [2.24, 2.45) is 0 Å². The molecule has 1 N–H and O–H groups in total. The third kappa shape index (κ3) is 5.48. The van der Waals surface area contributed by atoms with Crippen LogP contribution < -0.4 is 9.46 Å². The lowest BCUT2D eigenvalue weighted by atomic mass is 9.88. The molecule has 0 aromatic heterocycles. The number of alkyl halides is 3. The quantitative estimate of drug-likeness (QED) is 0.704. The SMILES string of the molecule is O=S(=O)(N[C@H]1CCCCC[C@H]1c1ccccc1)c1ccc(OC(F)(F)F)cc1. The lowest BCUT2D eigenvalue weighted by molar-refractivity contribution is -0.274. The largest absolute Gasteiger partial charge is 0.573 e. The fraction of sp³-hybridized carbons (Fsp3) is 0.400. The van der Waals surface area contributed by atoms with Crippen molar-refractivity contribution in [2.45, 2.75) is 55.3 Å². The van der Waals surface area contributed by atoms with Gasteiger partial charge >= 0.3 is 6.36 Å². The molecule has 0 radical (unpaired) electrons. The molecule has 152 valence electrons. The van der Waals surface area contributed by atoms with Gasteiger partial charge in [-0.25, -0.2) is 13.1 Å². The zero-order valence-electron chi connectivity index (χ0n) is 15.2. The molecule has 3 rings (SSSR count). The molecule has 4 nitrogen and oxygen atoms in total. The van der Waals surface area contributed by atoms with Gasteiger partial charge in [-0.15, -0.1) is 13.2 Å². The molecule has 0 heterocycles. The molecule has 1 aliphatic rings. The number of hydrogen-bond donors (Lipinski definition) is 1. The molecular weight excluding hydrogens is 391 g/mol. The predicted molar refractivity (Wildman–Crippen MR) is 99.5 cm³/mol. The summed E-state index contributed by atoms with van der Waals surface area (Å²) >= 11 is 0. The van der Waals surface area contributed by atoms with Crippen LogP contribution in [0.2, 0.25) is 0 Å². The Morgan fingerprint density at radius 3 is 2.18 bits per heavy atom. The zero-order chi connectivity index (χ0) is 20.2. The average molecular weight is 413 g/mol. The molecule has 0 bridgehead atoms. The number of benzene rings is 2. The van der Waals surface area contributed by atoms with Gasteiger partial charge in [0.05, 0.1) is 4.90 Å². The minimum atomic E-state index is -4.82. The van der Waals surface area contributed by atoms with Crippen LogP contribution in [0.25, 0.3) is 0 Å². The smallest absolute Gasteiger partial charge is 0.406 e. The molecule has 28 heavy (non-hydrogen) atoms. The number of nitrogens with one attached hydrogen (secondary N) is 1. The van der Waals surface area contributed by atoms with Crippen molar-refractivity contribution in [3.05, 3.63) is 60.2 Å². The Kier molecular flexibility index (Phi) is 6.30. The summed E-state index contributed by atoms with van der Waals surface area (Å²) in [6, 6.07) is 13.8. The van der Waals surface area contributed by atoms with E-state index in [1.54, 1.807) is 0 Å². The Morgan fingerprint density at radius 1 is 0.893 bits per heavy atom. The summed E-state index contributed by atoms with van der Waals surface area (Å²) in [6.45, 7) is 0. The van der Waals surface area contributed by atoms with Gasteiger partial charge in [-0.1, -0.05) is 49.6 Å². The number of sulfonamides is 1. The molecular formula is C20H22F3NO3S. The van der Waals surface area contributed by atoms with Crippen molar-refractivity contribution in [3.8, 4) is 5.75 Å². The fourth-order valence-electron chi connectivity index (χ4n) is 3.64. The summed E-state index contributed by atoms with van der Waals surface area (Å²) in [5, 5.41) is 0. The van der Waals surface area contributed by atoms with Crippen LogP contribution in [0.3, 0.4) is 0 Å². The first kappa shape index (κ1) is 20.7. The third-order valence-electron chi connectivity index (χ3n) is 4.92. The Hall–Kier alpha value is -2.06. The molecule has 0 aliphatic heterocycles. The third-order valence-corrected chi connectivity index (χ3v) is 6.42. The van der Waals surface area contributed by atoms with Gasteiger partial charge in [0, 0.05) is 12.0 Å². The summed E-state index contributed by atoms with van der Waals surface area (Å²) in [6.07, 6.45) is -0.216. The Morgan fingerprint density at radius 2 is 1.54 bits per heavy atom. The van der Waals surface area contributed by atoms with Gasteiger partial charge in [0.2, 0.25) is 10.0 Å². The minimum absolute atomic E-state index is 0.0614. The molecule has 1 saturated carbocycles. The molecule has 2 atom stereocenters. The summed E-state index contributed by atoms with van der Waals surface area (Å²) in [5.74, 6) is -0.394. The zero-order valence-corrected chi connectivity index (χ0v) is 16.0. The second kappa shape index (κ2) is 8.53. The highest BCUT2D eigenvalue weighted by Gasteiger charge is 2.32. The highest BCUT2D eigenvalue weighted by molar-refractivity contribution is 7.89. The Bertz CT molecular complexity index is 868. The van der Waals surface area contributed by atoms with Crippen molar-refractivity contribution >= 4 is 10.0 Å². The first-order chi connectivity index (χ1) is 13.2. The van der Waals surface area contributed by atoms with Gasteiger partial charge in [0.1, 0.15) is 5.75 Å². The first-order valence-electron chi connectivity index (χ1n) is 9.18. The Balaban J connectivity index is 1.79. The maximum atomic E-state index is 12.8. The molecule has 2 aromatic carbocycles. The van der Waals surface area contributed by atoms with Crippen LogP contribution >= 0.6 is 0 Å². The van der Waals surface area contributed by atoms with Crippen molar-refractivity contribution in [1.82, 2.24) is 4.72 Å². The molecule has 1 aliphatic carbocycles. The van der Waals surface area contributed by atoms with Crippen LogP contribution in [0.15, 0.2) is 59.5 Å². The van der Waals surface area contributed by atoms with Crippen molar-refractivity contribution in [3.63, 3.8) is 0 Å². The fourth-order valence-corrected chi connectivity index (χ4v) is 4.95. The van der Waals surface area contributed by atoms with Gasteiger partial charge in [-0.2, -0.15) is 0 Å². The van der Waals surface area contributed by atoms with Crippen molar-refractivity contribution < 1.29 is 26.3 Å². The number of halogens is 3. The van der Waals surface area contributed by atoms with Gasteiger partial charge in [-0.05, 0) is 42.7 Å². The second-order valence-corrected chi connectivity index (χ2v) is 8.62. The number of hydrogen-bond acceptors (Lipinski definition) is 3. The number of ether oxygens (including phenoxy) is 1. The van der Waals surface area contributed by atoms with E-state index in [0.717, 1.165) is 55.5 Å². The predicted octanol–water partition coefficient (Wildman–Crippen LogP) is 4.98. The summed E-state index contributed by atoms with van der Waals surface area (Å²) in [4.78, 5) is -0.0851. The van der Waals surface area contributed by atoms with E-state index in [-0.39, 0.29) is 16.9 Å². The van der Waals surface area contributed by atoms with Crippen LogP contribution in [-0.4, -0.2) is 20.8 Å². The van der Waals surface area contributed by atoms with E-state index in [1.807, 2.05) is 30.3 Å². The minimum Gasteiger partial charge on any atom is -0.406 e. The van der Waals surface area contributed by atoms with E-state index >= 15 is 0 Å². The van der Waals surface area contributed by atoms with Crippen molar-refractivity contribution in [2.75, 3.05) is 0 Å². The maximum absolute atomic E-state index is 12.8. The highest BCUT2D eigenvalue weighted by Crippen LogP contribution is 2.33. The van der Waals surface area contributed by atoms with E-state index in [0.29, 0.717) is 6.42 Å². The average Bonchev–Trinajstić information content (AvgIpc) is 2.86. The van der Waals surface area contributed by atoms with Crippen molar-refractivity contribution in [1.29, 1.82) is 0 Å². The van der Waals surface area contributed by atoms with Gasteiger partial charge in [0.15, 0.2) is 0 Å². The molecule has 1 fully saturated rings. The molecule has 2 aromatic rings. The van der Waals surface area contributed by atoms with Crippen LogP contribution in [-0.2, 0) is 10.0 Å². The van der Waals surface area contributed by atoms with E-state index in [1.165, 1.54) is 0 Å². The lowest BCUT2D eigenvalue weighted by Crippen LogP contribution is -2.38. The standard InChI is InChI=1S/C20H22F3NO3S/c21-20(22,23)27-16-11-13-17(14-12-16)28(25,26)24-19-10-6-2-5-9-18(19)15-7-3-1-4-8-15/h1,3-4,7-8,11-14,18-19,24H,2,5-6,9-10H2/t18-,19-/m0/s1. The topological polar surface area (TPSA) is 55.4 Å². The highest BCUT2D eigenvalue weighted by atomic mass is 32.2. The van der Waals surface area contributed by atoms with Crippen LogP contribution in [0.5, 0.6) is 5.75 Å². The molecule has 0 amide bonds. The normalized spacial score (nSPS) is 21.1. The maximum Gasteiger partial charge on any atom is 0.573 e. The van der Waals surface area contributed by atoms with Crippen LogP contribution in [0.1, 0.15) is 43.6 Å². The van der Waals surface area contributed by atoms with Crippen LogP contribution in [0.4, 0.5) is 13.2 Å². The summed E-state index contributed by atoms with van der Waals surface area (Å²) < 4.78 is 69.0.